The fourth-order valence-corrected chi connectivity index (χ4v) is 3.06. The van der Waals surface area contributed by atoms with Crippen LogP contribution in [-0.4, -0.2) is 29.6 Å². The molecule has 0 aliphatic heterocycles. The number of hydrogen-bond donors (Lipinski definition) is 2. The van der Waals surface area contributed by atoms with Crippen molar-refractivity contribution in [3.8, 4) is 5.75 Å². The van der Waals surface area contributed by atoms with E-state index in [0.29, 0.717) is 18.6 Å². The summed E-state index contributed by atoms with van der Waals surface area (Å²) in [6, 6.07) is 7.29. The van der Waals surface area contributed by atoms with Gasteiger partial charge in [0.25, 0.3) is 0 Å². The van der Waals surface area contributed by atoms with E-state index < -0.39 is 11.5 Å². The molecule has 2 N–H and O–H groups in total. The topological polar surface area (TPSA) is 75.6 Å². The number of aliphatic carboxylic acids is 1. The molecule has 0 spiro atoms. The zero-order valence-corrected chi connectivity index (χ0v) is 12.9. The SMILES string of the molecule is COc1ccccc1CC(=O)NC1(C(=O)O)CCCCCC1. The van der Waals surface area contributed by atoms with Gasteiger partial charge in [-0.15, -0.1) is 0 Å². The standard InChI is InChI=1S/C17H23NO4/c1-22-14-9-5-4-8-13(14)12-15(19)18-17(16(20)21)10-6-2-3-7-11-17/h4-5,8-9H,2-3,6-7,10-12H2,1H3,(H,18,19)(H,20,21). The summed E-state index contributed by atoms with van der Waals surface area (Å²) in [5.74, 6) is -0.556. The second-order valence-corrected chi connectivity index (χ2v) is 5.84. The first kappa shape index (κ1) is 16.3. The summed E-state index contributed by atoms with van der Waals surface area (Å²) in [4.78, 5) is 24.0. The van der Waals surface area contributed by atoms with Crippen molar-refractivity contribution >= 4 is 11.9 Å². The van der Waals surface area contributed by atoms with Gasteiger partial charge in [-0.1, -0.05) is 43.9 Å². The van der Waals surface area contributed by atoms with Crippen LogP contribution in [0, 0.1) is 0 Å². The number of hydrogen-bond acceptors (Lipinski definition) is 3. The number of carbonyl (C=O) groups excluding carboxylic acids is 1. The van der Waals surface area contributed by atoms with E-state index in [4.69, 9.17) is 4.74 Å². The number of amides is 1. The molecule has 0 heterocycles. The van der Waals surface area contributed by atoms with Gasteiger partial charge in [-0.25, -0.2) is 4.79 Å². The van der Waals surface area contributed by atoms with Gasteiger partial charge in [-0.3, -0.25) is 4.79 Å². The highest BCUT2D eigenvalue weighted by Crippen LogP contribution is 2.28. The van der Waals surface area contributed by atoms with Crippen LogP contribution in [0.4, 0.5) is 0 Å². The molecule has 0 aromatic heterocycles. The second-order valence-electron chi connectivity index (χ2n) is 5.84. The third kappa shape index (κ3) is 3.78. The molecular formula is C17H23NO4. The highest BCUT2D eigenvalue weighted by atomic mass is 16.5. The quantitative estimate of drug-likeness (QED) is 0.820. The van der Waals surface area contributed by atoms with Crippen molar-refractivity contribution in [2.24, 2.45) is 0 Å². The zero-order valence-electron chi connectivity index (χ0n) is 12.9. The number of carboxylic acids is 1. The maximum absolute atomic E-state index is 12.3. The van der Waals surface area contributed by atoms with E-state index in [1.165, 1.54) is 0 Å². The summed E-state index contributed by atoms with van der Waals surface area (Å²) < 4.78 is 5.23. The Labute approximate surface area is 130 Å². The van der Waals surface area contributed by atoms with Gasteiger partial charge in [-0.2, -0.15) is 0 Å². The van der Waals surface area contributed by atoms with Crippen molar-refractivity contribution in [1.82, 2.24) is 5.32 Å². The average Bonchev–Trinajstić information content (AvgIpc) is 2.74. The van der Waals surface area contributed by atoms with E-state index in [2.05, 4.69) is 5.32 Å². The molecule has 1 saturated carbocycles. The lowest BCUT2D eigenvalue weighted by Gasteiger charge is -2.29. The lowest BCUT2D eigenvalue weighted by Crippen LogP contribution is -2.54. The number of methoxy groups -OCH3 is 1. The zero-order chi connectivity index (χ0) is 16.0. The molecule has 1 amide bonds. The normalized spacial score (nSPS) is 17.3. The molecular weight excluding hydrogens is 282 g/mol. The third-order valence-electron chi connectivity index (χ3n) is 4.29. The van der Waals surface area contributed by atoms with E-state index >= 15 is 0 Å². The molecule has 5 nitrogen and oxygen atoms in total. The van der Waals surface area contributed by atoms with Gasteiger partial charge in [-0.05, 0) is 18.9 Å². The largest absolute Gasteiger partial charge is 0.496 e. The summed E-state index contributed by atoms with van der Waals surface area (Å²) in [5.41, 5.74) is -0.355. The number of ether oxygens (including phenoxy) is 1. The van der Waals surface area contributed by atoms with Gasteiger partial charge >= 0.3 is 5.97 Å². The lowest BCUT2D eigenvalue weighted by atomic mass is 9.90. The number of nitrogens with one attached hydrogen (secondary N) is 1. The first-order valence-electron chi connectivity index (χ1n) is 7.74. The predicted octanol–water partition coefficient (Wildman–Crippen LogP) is 2.53. The maximum atomic E-state index is 12.3. The van der Waals surface area contributed by atoms with E-state index in [-0.39, 0.29) is 12.3 Å². The Bertz CT molecular complexity index is 533. The van der Waals surface area contributed by atoms with Gasteiger partial charge in [0.05, 0.1) is 13.5 Å². The Balaban J connectivity index is 2.10. The van der Waals surface area contributed by atoms with Gasteiger partial charge < -0.3 is 15.2 Å². The minimum Gasteiger partial charge on any atom is -0.496 e. The summed E-state index contributed by atoms with van der Waals surface area (Å²) >= 11 is 0. The predicted molar refractivity (Wildman–Crippen MR) is 82.9 cm³/mol. The van der Waals surface area contributed by atoms with Crippen LogP contribution in [0.3, 0.4) is 0 Å². The molecule has 22 heavy (non-hydrogen) atoms. The van der Waals surface area contributed by atoms with Crippen LogP contribution in [-0.2, 0) is 16.0 Å². The Morgan fingerprint density at radius 3 is 2.41 bits per heavy atom. The number of benzene rings is 1. The fourth-order valence-electron chi connectivity index (χ4n) is 3.06. The second kappa shape index (κ2) is 7.29. The van der Waals surface area contributed by atoms with Gasteiger partial charge in [0.2, 0.25) is 5.91 Å². The number of para-hydroxylation sites is 1. The lowest BCUT2D eigenvalue weighted by molar-refractivity contribution is -0.148. The van der Waals surface area contributed by atoms with E-state index in [0.717, 1.165) is 31.2 Å². The molecule has 0 unspecified atom stereocenters. The van der Waals surface area contributed by atoms with Crippen molar-refractivity contribution in [2.45, 2.75) is 50.5 Å². The molecule has 1 aliphatic rings. The van der Waals surface area contributed by atoms with Crippen LogP contribution in [0.5, 0.6) is 5.75 Å². The smallest absolute Gasteiger partial charge is 0.329 e. The van der Waals surface area contributed by atoms with E-state index in [9.17, 15) is 14.7 Å². The van der Waals surface area contributed by atoms with Crippen molar-refractivity contribution in [3.63, 3.8) is 0 Å². The third-order valence-corrected chi connectivity index (χ3v) is 4.29. The minimum atomic E-state index is -1.12. The fraction of sp³-hybridized carbons (Fsp3) is 0.529. The van der Waals surface area contributed by atoms with Crippen molar-refractivity contribution in [3.05, 3.63) is 29.8 Å². The van der Waals surface area contributed by atoms with E-state index in [1.807, 2.05) is 18.2 Å². The Morgan fingerprint density at radius 1 is 1.18 bits per heavy atom. The molecule has 0 radical (unpaired) electrons. The van der Waals surface area contributed by atoms with Crippen LogP contribution in [0.25, 0.3) is 0 Å². The molecule has 1 aromatic rings. The molecule has 2 rings (SSSR count). The van der Waals surface area contributed by atoms with Crippen molar-refractivity contribution in [1.29, 1.82) is 0 Å². The van der Waals surface area contributed by atoms with Crippen LogP contribution in [0.2, 0.25) is 0 Å². The van der Waals surface area contributed by atoms with Crippen LogP contribution in [0.1, 0.15) is 44.1 Å². The monoisotopic (exact) mass is 305 g/mol. The highest BCUT2D eigenvalue weighted by Gasteiger charge is 2.39. The molecule has 1 aliphatic carbocycles. The Hall–Kier alpha value is -2.04. The summed E-state index contributed by atoms with van der Waals surface area (Å²) in [7, 11) is 1.56. The van der Waals surface area contributed by atoms with E-state index in [1.54, 1.807) is 13.2 Å². The molecule has 0 saturated heterocycles. The molecule has 5 heteroatoms. The summed E-state index contributed by atoms with van der Waals surface area (Å²) in [6.45, 7) is 0. The van der Waals surface area contributed by atoms with Crippen LogP contribution in [0.15, 0.2) is 24.3 Å². The molecule has 0 bridgehead atoms. The minimum absolute atomic E-state index is 0.124. The van der Waals surface area contributed by atoms with Gasteiger partial charge in [0.1, 0.15) is 11.3 Å². The Kier molecular flexibility index (Phi) is 5.41. The van der Waals surface area contributed by atoms with Gasteiger partial charge in [0, 0.05) is 5.56 Å². The first-order valence-corrected chi connectivity index (χ1v) is 7.74. The maximum Gasteiger partial charge on any atom is 0.329 e. The number of carbonyl (C=O) groups is 2. The van der Waals surface area contributed by atoms with Crippen molar-refractivity contribution < 1.29 is 19.4 Å². The van der Waals surface area contributed by atoms with Gasteiger partial charge in [0.15, 0.2) is 0 Å². The highest BCUT2D eigenvalue weighted by molar-refractivity contribution is 5.88. The van der Waals surface area contributed by atoms with Crippen LogP contribution < -0.4 is 10.1 Å². The number of carboxylic acid groups (broad SMARTS) is 1. The molecule has 1 fully saturated rings. The summed E-state index contributed by atoms with van der Waals surface area (Å²) in [6.07, 6.45) is 4.84. The molecule has 1 aromatic carbocycles. The average molecular weight is 305 g/mol. The molecule has 120 valence electrons. The first-order chi connectivity index (χ1) is 10.6. The van der Waals surface area contributed by atoms with Crippen LogP contribution >= 0.6 is 0 Å². The number of rotatable bonds is 5. The summed E-state index contributed by atoms with van der Waals surface area (Å²) in [5, 5.41) is 12.4. The Morgan fingerprint density at radius 2 is 1.82 bits per heavy atom. The molecule has 0 atom stereocenters. The van der Waals surface area contributed by atoms with Crippen molar-refractivity contribution in [2.75, 3.05) is 7.11 Å².